The number of aromatic nitrogens is 3. The number of hydrogen-bond acceptors (Lipinski definition) is 6. The lowest BCUT2D eigenvalue weighted by Crippen LogP contribution is -2.41. The molecule has 2 N–H and O–H groups in total. The molecule has 3 heterocycles. The first-order valence-electron chi connectivity index (χ1n) is 10.4. The van der Waals surface area contributed by atoms with Gasteiger partial charge in [-0.25, -0.2) is 9.67 Å². The quantitative estimate of drug-likeness (QED) is 0.492. The molecule has 1 aliphatic heterocycles. The van der Waals surface area contributed by atoms with E-state index in [0.717, 1.165) is 0 Å². The number of anilines is 1. The van der Waals surface area contributed by atoms with Gasteiger partial charge >= 0.3 is 0 Å². The van der Waals surface area contributed by atoms with Gasteiger partial charge in [-0.15, -0.1) is 5.10 Å². The third-order valence-electron chi connectivity index (χ3n) is 5.01. The number of rotatable bonds is 7. The molecule has 178 valence electrons. The Morgan fingerprint density at radius 3 is 2.68 bits per heavy atom. The van der Waals surface area contributed by atoms with Crippen molar-refractivity contribution in [1.29, 1.82) is 0 Å². The molecule has 9 nitrogen and oxygen atoms in total. The Morgan fingerprint density at radius 2 is 2.00 bits per heavy atom. The van der Waals surface area contributed by atoms with E-state index in [9.17, 15) is 13.8 Å². The fraction of sp³-hybridized carbons (Fsp3) is 0.273. The number of pyridine rings is 1. The van der Waals surface area contributed by atoms with E-state index in [1.807, 2.05) is 0 Å². The number of carbonyl (C=O) groups is 2. The Bertz CT molecular complexity index is 1290. The molecule has 1 aromatic carbocycles. The highest BCUT2D eigenvalue weighted by Crippen LogP contribution is 2.28. The van der Waals surface area contributed by atoms with Crippen LogP contribution in [0.2, 0.25) is 10.0 Å². The van der Waals surface area contributed by atoms with Gasteiger partial charge in [-0.2, -0.15) is 0 Å². The average Bonchev–Trinajstić information content (AvgIpc) is 3.18. The van der Waals surface area contributed by atoms with Gasteiger partial charge in [0, 0.05) is 34.6 Å². The molecule has 3 aromatic rings. The van der Waals surface area contributed by atoms with Gasteiger partial charge in [0.2, 0.25) is 5.88 Å². The molecule has 1 aliphatic rings. The van der Waals surface area contributed by atoms with Gasteiger partial charge in [-0.1, -0.05) is 23.2 Å². The highest BCUT2D eigenvalue weighted by atomic mass is 35.5. The van der Waals surface area contributed by atoms with Crippen molar-refractivity contribution in [2.75, 3.05) is 23.4 Å². The summed E-state index contributed by atoms with van der Waals surface area (Å²) in [6.45, 7) is 3.94. The van der Waals surface area contributed by atoms with Crippen molar-refractivity contribution in [3.63, 3.8) is 0 Å². The first-order valence-corrected chi connectivity index (χ1v) is 12.6. The van der Waals surface area contributed by atoms with Crippen LogP contribution < -0.4 is 15.4 Å². The van der Waals surface area contributed by atoms with E-state index in [2.05, 4.69) is 20.7 Å². The summed E-state index contributed by atoms with van der Waals surface area (Å²) in [5.41, 5.74) is 1.25. The zero-order valence-electron chi connectivity index (χ0n) is 18.3. The third kappa shape index (κ3) is 5.08. The molecule has 1 saturated heterocycles. The Labute approximate surface area is 208 Å². The van der Waals surface area contributed by atoms with Crippen LogP contribution in [0.5, 0.6) is 5.88 Å². The number of hydrogen-bond donors (Lipinski definition) is 2. The minimum absolute atomic E-state index is 0.0900. The van der Waals surface area contributed by atoms with Gasteiger partial charge < -0.3 is 15.4 Å². The molecule has 4 rings (SSSR count). The zero-order valence-corrected chi connectivity index (χ0v) is 20.6. The van der Waals surface area contributed by atoms with E-state index >= 15 is 0 Å². The minimum atomic E-state index is -0.904. The summed E-state index contributed by atoms with van der Waals surface area (Å²) in [4.78, 5) is 30.3. The minimum Gasteiger partial charge on any atom is -0.471 e. The normalized spacial score (nSPS) is 17.1. The van der Waals surface area contributed by atoms with E-state index in [0.29, 0.717) is 34.3 Å². The first kappa shape index (κ1) is 24.2. The van der Waals surface area contributed by atoms with Gasteiger partial charge in [-0.3, -0.25) is 13.8 Å². The fourth-order valence-corrected chi connectivity index (χ4v) is 4.74. The number of benzene rings is 1. The van der Waals surface area contributed by atoms with E-state index in [4.69, 9.17) is 27.9 Å². The highest BCUT2D eigenvalue weighted by Gasteiger charge is 2.29. The van der Waals surface area contributed by atoms with Crippen molar-refractivity contribution in [3.8, 4) is 11.7 Å². The summed E-state index contributed by atoms with van der Waals surface area (Å²) in [5, 5.41) is 10.5. The van der Waals surface area contributed by atoms with Crippen LogP contribution in [0.15, 0.2) is 36.5 Å². The lowest BCUT2D eigenvalue weighted by molar-refractivity contribution is 0.0956. The summed E-state index contributed by atoms with van der Waals surface area (Å²) in [6, 6.07) is 7.88. The predicted octanol–water partition coefficient (Wildman–Crippen LogP) is 3.39. The molecule has 1 fully saturated rings. The van der Waals surface area contributed by atoms with E-state index in [-0.39, 0.29) is 40.0 Å². The molecule has 2 aromatic heterocycles. The zero-order chi connectivity index (χ0) is 24.4. The third-order valence-corrected chi connectivity index (χ3v) is 7.01. The average molecular weight is 522 g/mol. The maximum atomic E-state index is 13.4. The number of nitrogens with one attached hydrogen (secondary N) is 2. The van der Waals surface area contributed by atoms with E-state index in [1.165, 1.54) is 23.0 Å². The smallest absolute Gasteiger partial charge is 0.274 e. The lowest BCUT2D eigenvalue weighted by Gasteiger charge is -2.24. The molecular formula is C22H21Cl2N5O4S. The van der Waals surface area contributed by atoms with Crippen LogP contribution in [0.25, 0.3) is 5.82 Å². The Kier molecular flexibility index (Phi) is 7.20. The van der Waals surface area contributed by atoms with Crippen LogP contribution in [-0.4, -0.2) is 54.9 Å². The highest BCUT2D eigenvalue weighted by molar-refractivity contribution is 7.86. The number of ether oxygens (including phenoxy) is 1. The molecule has 0 spiro atoms. The molecular weight excluding hydrogens is 501 g/mol. The van der Waals surface area contributed by atoms with Crippen LogP contribution in [0.3, 0.4) is 0 Å². The molecule has 2 amide bonds. The first-order chi connectivity index (χ1) is 16.3. The van der Waals surface area contributed by atoms with Crippen molar-refractivity contribution in [2.45, 2.75) is 20.0 Å². The predicted molar refractivity (Wildman–Crippen MR) is 131 cm³/mol. The fourth-order valence-electron chi connectivity index (χ4n) is 3.40. The van der Waals surface area contributed by atoms with Crippen LogP contribution in [0.1, 0.15) is 33.3 Å². The summed E-state index contributed by atoms with van der Waals surface area (Å²) < 4.78 is 18.5. The molecule has 0 unspecified atom stereocenters. The number of amides is 2. The van der Waals surface area contributed by atoms with Crippen LogP contribution in [-0.2, 0) is 10.8 Å². The topological polar surface area (TPSA) is 115 Å². The number of aryl methyl sites for hydroxylation is 1. The van der Waals surface area contributed by atoms with Gasteiger partial charge in [-0.05, 0) is 43.7 Å². The molecule has 0 atom stereocenters. The molecule has 0 bridgehead atoms. The van der Waals surface area contributed by atoms with E-state index < -0.39 is 16.7 Å². The second-order valence-electron chi connectivity index (χ2n) is 7.56. The van der Waals surface area contributed by atoms with E-state index in [1.54, 1.807) is 32.0 Å². The SMILES string of the molecule is CCNC(=O)c1cc(Cl)cc(C)c1NC(=O)c1cc(OC2CS(=O)C2)nn1-c1ncccc1Cl. The Hall–Kier alpha value is -2.95. The van der Waals surface area contributed by atoms with Crippen molar-refractivity contribution >= 4 is 51.5 Å². The van der Waals surface area contributed by atoms with Crippen molar-refractivity contribution in [2.24, 2.45) is 0 Å². The Morgan fingerprint density at radius 1 is 1.24 bits per heavy atom. The number of carbonyl (C=O) groups excluding carboxylic acids is 2. The van der Waals surface area contributed by atoms with Crippen LogP contribution in [0, 0.1) is 6.92 Å². The van der Waals surface area contributed by atoms with Crippen LogP contribution >= 0.6 is 23.2 Å². The van der Waals surface area contributed by atoms with Gasteiger partial charge in [0.25, 0.3) is 11.8 Å². The molecule has 34 heavy (non-hydrogen) atoms. The second kappa shape index (κ2) is 10.1. The maximum absolute atomic E-state index is 13.4. The number of halogens is 2. The Balaban J connectivity index is 1.72. The van der Waals surface area contributed by atoms with Gasteiger partial charge in [0.15, 0.2) is 5.82 Å². The molecule has 0 radical (unpaired) electrons. The molecule has 0 aliphatic carbocycles. The summed E-state index contributed by atoms with van der Waals surface area (Å²) >= 11 is 12.5. The lowest BCUT2D eigenvalue weighted by atomic mass is 10.1. The van der Waals surface area contributed by atoms with Crippen molar-refractivity contribution < 1.29 is 18.5 Å². The van der Waals surface area contributed by atoms with Crippen LogP contribution in [0.4, 0.5) is 5.69 Å². The summed E-state index contributed by atoms with van der Waals surface area (Å²) in [6.07, 6.45) is 1.28. The number of nitrogens with zero attached hydrogens (tertiary/aromatic N) is 3. The van der Waals surface area contributed by atoms with Gasteiger partial charge in [0.1, 0.15) is 11.8 Å². The standard InChI is InChI=1S/C22H21Cl2N5O4S/c1-3-25-21(30)15-8-13(23)7-12(2)19(15)27-22(31)17-9-18(33-14-10-34(32)11-14)28-29(17)20-16(24)5-4-6-26-20/h4-9,14H,3,10-11H2,1-2H3,(H,25,30)(H,27,31). The van der Waals surface area contributed by atoms with Crippen molar-refractivity contribution in [1.82, 2.24) is 20.1 Å². The molecule has 0 saturated carbocycles. The summed E-state index contributed by atoms with van der Waals surface area (Å²) in [7, 11) is -0.904. The monoisotopic (exact) mass is 521 g/mol. The summed E-state index contributed by atoms with van der Waals surface area (Å²) in [5.74, 6) is 0.282. The largest absolute Gasteiger partial charge is 0.471 e. The second-order valence-corrected chi connectivity index (χ2v) is 9.95. The molecule has 12 heteroatoms. The van der Waals surface area contributed by atoms with Gasteiger partial charge in [0.05, 0.1) is 27.8 Å². The van der Waals surface area contributed by atoms with Crippen molar-refractivity contribution in [3.05, 3.63) is 63.4 Å². The maximum Gasteiger partial charge on any atom is 0.274 e.